The molecule has 0 aliphatic carbocycles. The lowest BCUT2D eigenvalue weighted by Crippen LogP contribution is -2.42. The Hall–Kier alpha value is -4.09. The molecule has 2 aliphatic rings. The van der Waals surface area contributed by atoms with Gasteiger partial charge in [-0.25, -0.2) is 9.97 Å². The molecule has 2 fully saturated rings. The lowest BCUT2D eigenvalue weighted by Gasteiger charge is -2.36. The third kappa shape index (κ3) is 5.84. The molecule has 0 unspecified atom stereocenters. The summed E-state index contributed by atoms with van der Waals surface area (Å²) in [6.07, 6.45) is 9.33. The minimum atomic E-state index is 0.256. The lowest BCUT2D eigenvalue weighted by atomic mass is 10.0. The minimum absolute atomic E-state index is 0.256. The zero-order valence-electron chi connectivity index (χ0n) is 22.3. The second-order valence-corrected chi connectivity index (χ2v) is 10.0. The number of morpholine rings is 1. The van der Waals surface area contributed by atoms with E-state index in [4.69, 9.17) is 14.5 Å². The first kappa shape index (κ1) is 25.2. The van der Waals surface area contributed by atoms with Crippen LogP contribution in [0.2, 0.25) is 0 Å². The smallest absolute Gasteiger partial charge is 0.324 e. The summed E-state index contributed by atoms with van der Waals surface area (Å²) in [7, 11) is 4.32. The molecule has 2 saturated heterocycles. The monoisotopic (exact) mass is 527 g/mol. The molecule has 0 bridgehead atoms. The maximum absolute atomic E-state index is 5.92. The Morgan fingerprint density at radius 3 is 2.46 bits per heavy atom. The molecule has 6 heterocycles. The molecule has 0 aromatic carbocycles. The van der Waals surface area contributed by atoms with Crippen molar-refractivity contribution in [1.29, 1.82) is 0 Å². The number of pyridine rings is 3. The van der Waals surface area contributed by atoms with Crippen LogP contribution in [-0.4, -0.2) is 89.3 Å². The van der Waals surface area contributed by atoms with Gasteiger partial charge in [-0.15, -0.1) is 0 Å². The number of fused-ring (bicyclic) bond motifs is 1. The van der Waals surface area contributed by atoms with Crippen molar-refractivity contribution in [3.8, 4) is 11.8 Å². The molecule has 11 nitrogen and oxygen atoms in total. The van der Waals surface area contributed by atoms with E-state index in [1.165, 1.54) is 0 Å². The zero-order valence-corrected chi connectivity index (χ0v) is 22.3. The fourth-order valence-electron chi connectivity index (χ4n) is 5.06. The van der Waals surface area contributed by atoms with Gasteiger partial charge in [-0.05, 0) is 57.3 Å². The number of nitrogens with one attached hydrogen (secondary N) is 1. The molecule has 4 aromatic heterocycles. The molecule has 0 amide bonds. The summed E-state index contributed by atoms with van der Waals surface area (Å²) in [5.41, 5.74) is 1.84. The topological polar surface area (TPSA) is 105 Å². The molecule has 0 radical (unpaired) electrons. The molecule has 0 spiro atoms. The van der Waals surface area contributed by atoms with Gasteiger partial charge < -0.3 is 29.5 Å². The Balaban J connectivity index is 1.23. The summed E-state index contributed by atoms with van der Waals surface area (Å²) in [5.74, 6) is 2.78. The average Bonchev–Trinajstić information content (AvgIpc) is 2.98. The SMILES string of the molecule is CN(C)C1CCN(c2ccc(Nc3cc4c(N5CCOCC5)nc(Oc5cccnc5)nc4cn3)nc2)CC1. The van der Waals surface area contributed by atoms with E-state index >= 15 is 0 Å². The Bertz CT molecular complexity index is 1390. The first-order valence-corrected chi connectivity index (χ1v) is 13.4. The molecule has 11 heteroatoms. The van der Waals surface area contributed by atoms with Crippen molar-refractivity contribution in [3.63, 3.8) is 0 Å². The van der Waals surface area contributed by atoms with E-state index < -0.39 is 0 Å². The molecular formula is C28H33N9O2. The number of anilines is 4. The van der Waals surface area contributed by atoms with Crippen LogP contribution in [0.1, 0.15) is 12.8 Å². The van der Waals surface area contributed by atoms with Gasteiger partial charge in [-0.2, -0.15) is 9.97 Å². The van der Waals surface area contributed by atoms with Gasteiger partial charge in [0, 0.05) is 43.8 Å². The second kappa shape index (κ2) is 11.3. The summed E-state index contributed by atoms with van der Waals surface area (Å²) in [6, 6.07) is 10.6. The number of hydrogen-bond donors (Lipinski definition) is 1. The number of ether oxygens (including phenoxy) is 2. The number of hydrogen-bond acceptors (Lipinski definition) is 11. The summed E-state index contributed by atoms with van der Waals surface area (Å²) < 4.78 is 11.5. The van der Waals surface area contributed by atoms with Crippen LogP contribution in [-0.2, 0) is 4.74 Å². The van der Waals surface area contributed by atoms with Crippen LogP contribution in [0.3, 0.4) is 0 Å². The van der Waals surface area contributed by atoms with Crippen LogP contribution >= 0.6 is 0 Å². The lowest BCUT2D eigenvalue weighted by molar-refractivity contribution is 0.122. The van der Waals surface area contributed by atoms with Crippen molar-refractivity contribution >= 4 is 34.0 Å². The quantitative estimate of drug-likeness (QED) is 0.380. The molecule has 0 atom stereocenters. The van der Waals surface area contributed by atoms with Gasteiger partial charge in [-0.1, -0.05) is 0 Å². The largest absolute Gasteiger partial charge is 0.423 e. The standard InChI is InChI=1S/C28H33N9O2/c1-35(2)20-7-10-36(11-8-20)21-5-6-25(30-17-21)33-26-16-23-24(19-31-26)32-28(39-22-4-3-9-29-18-22)34-27(23)37-12-14-38-15-13-37/h3-6,9,16-20H,7-8,10-15H2,1-2H3,(H,30,31,33). The molecule has 0 saturated carbocycles. The molecule has 39 heavy (non-hydrogen) atoms. The number of piperidine rings is 1. The zero-order chi connectivity index (χ0) is 26.6. The summed E-state index contributed by atoms with van der Waals surface area (Å²) in [5, 5.41) is 4.23. The molecule has 2 aliphatic heterocycles. The van der Waals surface area contributed by atoms with Crippen molar-refractivity contribution in [2.45, 2.75) is 18.9 Å². The van der Waals surface area contributed by atoms with Crippen LogP contribution in [0, 0.1) is 0 Å². The van der Waals surface area contributed by atoms with E-state index in [9.17, 15) is 0 Å². The van der Waals surface area contributed by atoms with Crippen molar-refractivity contribution < 1.29 is 9.47 Å². The van der Waals surface area contributed by atoms with E-state index in [1.54, 1.807) is 18.6 Å². The van der Waals surface area contributed by atoms with Crippen molar-refractivity contribution in [1.82, 2.24) is 29.8 Å². The van der Waals surface area contributed by atoms with Gasteiger partial charge in [0.1, 0.15) is 23.2 Å². The van der Waals surface area contributed by atoms with Gasteiger partial charge in [0.05, 0.1) is 43.0 Å². The minimum Gasteiger partial charge on any atom is -0.423 e. The van der Waals surface area contributed by atoms with Crippen molar-refractivity contribution in [3.05, 3.63) is 55.1 Å². The van der Waals surface area contributed by atoms with Crippen molar-refractivity contribution in [2.24, 2.45) is 0 Å². The fourth-order valence-corrected chi connectivity index (χ4v) is 5.06. The Labute approximate surface area is 227 Å². The van der Waals surface area contributed by atoms with Crippen LogP contribution in [0.25, 0.3) is 10.9 Å². The maximum atomic E-state index is 5.92. The predicted octanol–water partition coefficient (Wildman–Crippen LogP) is 3.72. The van der Waals surface area contributed by atoms with Crippen molar-refractivity contribution in [2.75, 3.05) is 68.6 Å². The van der Waals surface area contributed by atoms with E-state index in [-0.39, 0.29) is 6.01 Å². The molecule has 202 valence electrons. The van der Waals surface area contributed by atoms with Gasteiger partial charge in [0.15, 0.2) is 0 Å². The first-order chi connectivity index (χ1) is 19.1. The third-order valence-corrected chi connectivity index (χ3v) is 7.26. The van der Waals surface area contributed by atoms with Crippen LogP contribution in [0.15, 0.2) is 55.1 Å². The number of rotatable bonds is 7. The van der Waals surface area contributed by atoms with Crippen LogP contribution < -0.4 is 19.9 Å². The Kier molecular flexibility index (Phi) is 7.33. The second-order valence-electron chi connectivity index (χ2n) is 10.0. The normalized spacial score (nSPS) is 16.6. The van der Waals surface area contributed by atoms with E-state index in [0.29, 0.717) is 36.3 Å². The van der Waals surface area contributed by atoms with E-state index in [0.717, 1.165) is 61.7 Å². The number of nitrogens with zero attached hydrogens (tertiary/aromatic N) is 8. The third-order valence-electron chi connectivity index (χ3n) is 7.26. The molecule has 4 aromatic rings. The highest BCUT2D eigenvalue weighted by Crippen LogP contribution is 2.31. The highest BCUT2D eigenvalue weighted by atomic mass is 16.5. The van der Waals surface area contributed by atoms with Gasteiger partial charge in [0.2, 0.25) is 0 Å². The molecule has 6 rings (SSSR count). The number of aromatic nitrogens is 5. The first-order valence-electron chi connectivity index (χ1n) is 13.4. The van der Waals surface area contributed by atoms with Gasteiger partial charge in [-0.3, -0.25) is 4.98 Å². The van der Waals surface area contributed by atoms with Crippen LogP contribution in [0.4, 0.5) is 23.1 Å². The summed E-state index contributed by atoms with van der Waals surface area (Å²) >= 11 is 0. The van der Waals surface area contributed by atoms with E-state index in [2.05, 4.69) is 60.1 Å². The highest BCUT2D eigenvalue weighted by molar-refractivity contribution is 5.91. The summed E-state index contributed by atoms with van der Waals surface area (Å²) in [4.78, 5) is 29.7. The summed E-state index contributed by atoms with van der Waals surface area (Å²) in [6.45, 7) is 4.84. The molecular weight excluding hydrogens is 494 g/mol. The van der Waals surface area contributed by atoms with Gasteiger partial charge >= 0.3 is 6.01 Å². The highest BCUT2D eigenvalue weighted by Gasteiger charge is 2.22. The van der Waals surface area contributed by atoms with E-state index in [1.807, 2.05) is 30.5 Å². The van der Waals surface area contributed by atoms with Gasteiger partial charge in [0.25, 0.3) is 0 Å². The Morgan fingerprint density at radius 1 is 0.923 bits per heavy atom. The predicted molar refractivity (Wildman–Crippen MR) is 151 cm³/mol. The fraction of sp³-hybridized carbons (Fsp3) is 0.393. The van der Waals surface area contributed by atoms with Crippen LogP contribution in [0.5, 0.6) is 11.8 Å². The molecule has 1 N–H and O–H groups in total. The Morgan fingerprint density at radius 2 is 1.74 bits per heavy atom. The maximum Gasteiger partial charge on any atom is 0.324 e. The average molecular weight is 528 g/mol.